The molecule has 6 heteroatoms. The number of aliphatic imine (C=N–C) groups is 1. The van der Waals surface area contributed by atoms with E-state index in [2.05, 4.69) is 70.5 Å². The summed E-state index contributed by atoms with van der Waals surface area (Å²) in [5, 5.41) is 6.82. The number of benzene rings is 1. The van der Waals surface area contributed by atoms with Crippen molar-refractivity contribution in [3.8, 4) is 0 Å². The molecule has 0 radical (unpaired) electrons. The van der Waals surface area contributed by atoms with Gasteiger partial charge in [0.2, 0.25) is 5.89 Å². The molecule has 1 aromatic carbocycles. The minimum absolute atomic E-state index is 0.0137. The van der Waals surface area contributed by atoms with Crippen molar-refractivity contribution >= 4 is 5.96 Å². The number of rotatable bonds is 6. The summed E-state index contributed by atoms with van der Waals surface area (Å²) in [6.45, 7) is 14.7. The Kier molecular flexibility index (Phi) is 6.39. The van der Waals surface area contributed by atoms with Crippen molar-refractivity contribution in [3.63, 3.8) is 0 Å². The van der Waals surface area contributed by atoms with E-state index < -0.39 is 0 Å². The Morgan fingerprint density at radius 1 is 1.21 bits per heavy atom. The summed E-state index contributed by atoms with van der Waals surface area (Å²) in [5.41, 5.74) is 3.86. The standard InChI is InChI=1S/C22H33N5O/c1-6-23-21(24-13-20-26-16(2)17(3)28-20)25-15-22(4,5)27-12-11-18-9-7-8-10-19(18)14-27/h7-10H,6,11-15H2,1-5H3,(H2,23,24,25). The fourth-order valence-electron chi connectivity index (χ4n) is 3.52. The summed E-state index contributed by atoms with van der Waals surface area (Å²) in [4.78, 5) is 11.6. The van der Waals surface area contributed by atoms with E-state index in [-0.39, 0.29) is 5.54 Å². The Balaban J connectivity index is 1.61. The Bertz CT molecular complexity index is 805. The smallest absolute Gasteiger partial charge is 0.216 e. The Morgan fingerprint density at radius 3 is 2.64 bits per heavy atom. The normalized spacial score (nSPS) is 15.4. The lowest BCUT2D eigenvalue weighted by atomic mass is 9.94. The van der Waals surface area contributed by atoms with Crippen molar-refractivity contribution in [1.82, 2.24) is 20.5 Å². The monoisotopic (exact) mass is 383 g/mol. The van der Waals surface area contributed by atoms with Crippen molar-refractivity contribution in [3.05, 3.63) is 52.7 Å². The number of hydrogen-bond acceptors (Lipinski definition) is 4. The molecule has 152 valence electrons. The molecule has 2 aromatic rings. The molecule has 2 heterocycles. The molecule has 3 rings (SSSR count). The maximum Gasteiger partial charge on any atom is 0.216 e. The van der Waals surface area contributed by atoms with Crippen LogP contribution in [0, 0.1) is 13.8 Å². The molecule has 0 saturated carbocycles. The molecule has 6 nitrogen and oxygen atoms in total. The van der Waals surface area contributed by atoms with Crippen molar-refractivity contribution in [2.75, 3.05) is 19.6 Å². The van der Waals surface area contributed by atoms with Crippen LogP contribution < -0.4 is 10.6 Å². The summed E-state index contributed by atoms with van der Waals surface area (Å²) in [6, 6.07) is 8.77. The first-order chi connectivity index (χ1) is 13.4. The first-order valence-corrected chi connectivity index (χ1v) is 10.2. The van der Waals surface area contributed by atoms with Crippen LogP contribution in [0.5, 0.6) is 0 Å². The molecule has 0 spiro atoms. The number of aromatic nitrogens is 1. The number of oxazole rings is 1. The van der Waals surface area contributed by atoms with E-state index in [0.717, 1.165) is 50.0 Å². The second-order valence-electron chi connectivity index (χ2n) is 8.05. The van der Waals surface area contributed by atoms with Gasteiger partial charge in [0.1, 0.15) is 12.3 Å². The average molecular weight is 384 g/mol. The zero-order chi connectivity index (χ0) is 20.1. The van der Waals surface area contributed by atoms with Gasteiger partial charge in [-0.15, -0.1) is 0 Å². The van der Waals surface area contributed by atoms with E-state index >= 15 is 0 Å². The van der Waals surface area contributed by atoms with Crippen LogP contribution >= 0.6 is 0 Å². The number of nitrogens with one attached hydrogen (secondary N) is 2. The van der Waals surface area contributed by atoms with Gasteiger partial charge in [0, 0.05) is 31.7 Å². The van der Waals surface area contributed by atoms with Crippen LogP contribution in [0.2, 0.25) is 0 Å². The van der Waals surface area contributed by atoms with E-state index in [1.165, 1.54) is 11.1 Å². The third-order valence-electron chi connectivity index (χ3n) is 5.46. The zero-order valence-electron chi connectivity index (χ0n) is 17.8. The van der Waals surface area contributed by atoms with E-state index in [1.807, 2.05) is 13.8 Å². The zero-order valence-corrected chi connectivity index (χ0v) is 17.8. The molecular weight excluding hydrogens is 350 g/mol. The first-order valence-electron chi connectivity index (χ1n) is 10.2. The second-order valence-corrected chi connectivity index (χ2v) is 8.05. The fraction of sp³-hybridized carbons (Fsp3) is 0.545. The van der Waals surface area contributed by atoms with Crippen molar-refractivity contribution in [1.29, 1.82) is 0 Å². The summed E-state index contributed by atoms with van der Waals surface area (Å²) in [6.07, 6.45) is 1.11. The van der Waals surface area contributed by atoms with Gasteiger partial charge in [0.05, 0.1) is 5.69 Å². The summed E-state index contributed by atoms with van der Waals surface area (Å²) in [7, 11) is 0. The van der Waals surface area contributed by atoms with Gasteiger partial charge in [-0.1, -0.05) is 24.3 Å². The quantitative estimate of drug-likeness (QED) is 0.592. The highest BCUT2D eigenvalue weighted by Crippen LogP contribution is 2.24. The number of nitrogens with zero attached hydrogens (tertiary/aromatic N) is 3. The first kappa shape index (κ1) is 20.4. The molecule has 0 amide bonds. The maximum atomic E-state index is 5.63. The molecule has 0 saturated heterocycles. The predicted molar refractivity (Wildman–Crippen MR) is 113 cm³/mol. The lowest BCUT2D eigenvalue weighted by Crippen LogP contribution is -2.54. The molecule has 28 heavy (non-hydrogen) atoms. The predicted octanol–water partition coefficient (Wildman–Crippen LogP) is 3.18. The Labute approximate surface area is 168 Å². The van der Waals surface area contributed by atoms with Gasteiger partial charge in [-0.05, 0) is 52.2 Å². The van der Waals surface area contributed by atoms with E-state index in [0.29, 0.717) is 12.4 Å². The highest BCUT2D eigenvalue weighted by Gasteiger charge is 2.29. The molecule has 2 N–H and O–H groups in total. The largest absolute Gasteiger partial charge is 0.444 e. The highest BCUT2D eigenvalue weighted by molar-refractivity contribution is 5.79. The van der Waals surface area contributed by atoms with Crippen LogP contribution in [0.1, 0.15) is 49.2 Å². The van der Waals surface area contributed by atoms with Gasteiger partial charge in [-0.2, -0.15) is 0 Å². The number of aryl methyl sites for hydroxylation is 2. The summed E-state index contributed by atoms with van der Waals surface area (Å²) in [5.74, 6) is 2.30. The molecule has 0 atom stereocenters. The van der Waals surface area contributed by atoms with Crippen molar-refractivity contribution in [2.45, 2.75) is 59.7 Å². The van der Waals surface area contributed by atoms with Crippen LogP contribution in [0.25, 0.3) is 0 Å². The highest BCUT2D eigenvalue weighted by atomic mass is 16.4. The summed E-state index contributed by atoms with van der Waals surface area (Å²) >= 11 is 0. The fourth-order valence-corrected chi connectivity index (χ4v) is 3.52. The minimum Gasteiger partial charge on any atom is -0.444 e. The minimum atomic E-state index is 0.0137. The van der Waals surface area contributed by atoms with Gasteiger partial charge >= 0.3 is 0 Å². The van der Waals surface area contributed by atoms with Crippen LogP contribution in [0.3, 0.4) is 0 Å². The number of hydrogen-bond donors (Lipinski definition) is 2. The SMILES string of the molecule is CCNC(=NCc1nc(C)c(C)o1)NCC(C)(C)N1CCc2ccccc2C1. The molecule has 0 fully saturated rings. The van der Waals surface area contributed by atoms with Crippen LogP contribution in [-0.2, 0) is 19.5 Å². The van der Waals surface area contributed by atoms with Gasteiger partial charge in [-0.25, -0.2) is 9.98 Å². The molecule has 0 aliphatic carbocycles. The van der Waals surface area contributed by atoms with Gasteiger partial charge in [-0.3, -0.25) is 4.90 Å². The third-order valence-corrected chi connectivity index (χ3v) is 5.46. The molecule has 1 aromatic heterocycles. The summed E-state index contributed by atoms with van der Waals surface area (Å²) < 4.78 is 5.63. The Morgan fingerprint density at radius 2 is 1.96 bits per heavy atom. The molecular formula is C22H33N5O. The van der Waals surface area contributed by atoms with Crippen molar-refractivity contribution < 1.29 is 4.42 Å². The number of fused-ring (bicyclic) bond motifs is 1. The average Bonchev–Trinajstić information content (AvgIpc) is 3.01. The van der Waals surface area contributed by atoms with Crippen LogP contribution in [0.4, 0.5) is 0 Å². The van der Waals surface area contributed by atoms with E-state index in [9.17, 15) is 0 Å². The molecule has 1 aliphatic heterocycles. The Hall–Kier alpha value is -2.34. The van der Waals surface area contributed by atoms with Crippen molar-refractivity contribution in [2.24, 2.45) is 4.99 Å². The third kappa shape index (κ3) is 4.93. The van der Waals surface area contributed by atoms with Gasteiger partial charge in [0.25, 0.3) is 0 Å². The second kappa shape index (κ2) is 8.78. The topological polar surface area (TPSA) is 65.7 Å². The van der Waals surface area contributed by atoms with E-state index in [4.69, 9.17) is 4.42 Å². The molecule has 1 aliphatic rings. The van der Waals surface area contributed by atoms with Gasteiger partial charge < -0.3 is 15.1 Å². The molecule has 0 unspecified atom stereocenters. The van der Waals surface area contributed by atoms with Crippen LogP contribution in [-0.4, -0.2) is 41.0 Å². The lowest BCUT2D eigenvalue weighted by Gasteiger charge is -2.42. The molecule has 0 bridgehead atoms. The lowest BCUT2D eigenvalue weighted by molar-refractivity contribution is 0.107. The number of guanidine groups is 1. The maximum absolute atomic E-state index is 5.63. The van der Waals surface area contributed by atoms with E-state index in [1.54, 1.807) is 0 Å². The van der Waals surface area contributed by atoms with Crippen LogP contribution in [0.15, 0.2) is 33.7 Å². The van der Waals surface area contributed by atoms with Gasteiger partial charge in [0.15, 0.2) is 5.96 Å².